The fraction of sp³-hybridized carbons (Fsp3) is 0.389. The summed E-state index contributed by atoms with van der Waals surface area (Å²) in [5, 5.41) is 0. The Kier molecular flexibility index (Phi) is 4.64. The maximum Gasteiger partial charge on any atom is 0.290 e. The van der Waals surface area contributed by atoms with Gasteiger partial charge in [0, 0.05) is 31.4 Å². The largest absolute Gasteiger partial charge is 0.497 e. The summed E-state index contributed by atoms with van der Waals surface area (Å²) in [5.41, 5.74) is 0.963. The number of hydrogen-bond acceptors (Lipinski definition) is 4. The topological polar surface area (TPSA) is 64.4 Å². The Morgan fingerprint density at radius 3 is 2.54 bits per heavy atom. The molecule has 126 valence electrons. The number of benzene rings is 1. The van der Waals surface area contributed by atoms with Gasteiger partial charge in [-0.05, 0) is 24.1 Å². The fourth-order valence-corrected chi connectivity index (χ4v) is 3.23. The third-order valence-corrected chi connectivity index (χ3v) is 4.53. The highest BCUT2D eigenvalue weighted by Crippen LogP contribution is 2.36. The number of hydrogen-bond donors (Lipinski definition) is 0. The second kappa shape index (κ2) is 6.86. The number of aryl methyl sites for hydroxylation is 1. The molecule has 2 atom stereocenters. The smallest absolute Gasteiger partial charge is 0.290 e. The van der Waals surface area contributed by atoms with Gasteiger partial charge in [-0.25, -0.2) is 4.98 Å². The van der Waals surface area contributed by atoms with Crippen molar-refractivity contribution in [2.24, 2.45) is 5.92 Å². The predicted molar refractivity (Wildman–Crippen MR) is 88.5 cm³/mol. The lowest BCUT2D eigenvalue weighted by atomic mass is 9.94. The van der Waals surface area contributed by atoms with Crippen molar-refractivity contribution in [3.05, 3.63) is 48.5 Å². The van der Waals surface area contributed by atoms with Crippen molar-refractivity contribution in [3.63, 3.8) is 0 Å². The van der Waals surface area contributed by atoms with E-state index in [0.29, 0.717) is 6.54 Å². The summed E-state index contributed by atoms with van der Waals surface area (Å²) in [7, 11) is 1.61. The Morgan fingerprint density at radius 2 is 1.92 bits per heavy atom. The first kappa shape index (κ1) is 16.2. The zero-order valence-corrected chi connectivity index (χ0v) is 13.9. The number of methoxy groups -OCH3 is 1. The minimum atomic E-state index is -0.381. The van der Waals surface area contributed by atoms with E-state index in [9.17, 15) is 9.59 Å². The molecule has 2 unspecified atom stereocenters. The van der Waals surface area contributed by atoms with E-state index in [1.54, 1.807) is 24.5 Å². The van der Waals surface area contributed by atoms with Crippen molar-refractivity contribution in [1.29, 1.82) is 0 Å². The monoisotopic (exact) mass is 327 g/mol. The predicted octanol–water partition coefficient (Wildman–Crippen LogP) is 2.07. The SMILES string of the molecule is COc1ccc(C2C(C)C(=O)C(=O)N2CCCn2ccnc2)cc1. The number of rotatable bonds is 6. The van der Waals surface area contributed by atoms with E-state index in [1.807, 2.05) is 42.0 Å². The molecular weight excluding hydrogens is 306 g/mol. The highest BCUT2D eigenvalue weighted by atomic mass is 16.5. The van der Waals surface area contributed by atoms with E-state index >= 15 is 0 Å². The van der Waals surface area contributed by atoms with Gasteiger partial charge in [-0.1, -0.05) is 19.1 Å². The molecule has 0 N–H and O–H groups in total. The molecule has 0 bridgehead atoms. The second-order valence-electron chi connectivity index (χ2n) is 6.02. The highest BCUT2D eigenvalue weighted by molar-refractivity contribution is 6.39. The molecule has 1 aliphatic heterocycles. The first-order valence-electron chi connectivity index (χ1n) is 8.06. The van der Waals surface area contributed by atoms with Crippen LogP contribution in [-0.2, 0) is 16.1 Å². The molecule has 6 heteroatoms. The van der Waals surface area contributed by atoms with Crippen LogP contribution in [0, 0.1) is 5.92 Å². The van der Waals surface area contributed by atoms with Gasteiger partial charge in [-0.2, -0.15) is 0 Å². The van der Waals surface area contributed by atoms with Crippen LogP contribution in [0.5, 0.6) is 5.75 Å². The van der Waals surface area contributed by atoms with Crippen LogP contribution in [0.1, 0.15) is 24.9 Å². The summed E-state index contributed by atoms with van der Waals surface area (Å²) in [6.45, 7) is 3.14. The molecule has 0 aliphatic carbocycles. The highest BCUT2D eigenvalue weighted by Gasteiger charge is 2.44. The molecule has 1 fully saturated rings. The summed E-state index contributed by atoms with van der Waals surface area (Å²) in [4.78, 5) is 30.2. The van der Waals surface area contributed by atoms with Crippen molar-refractivity contribution in [3.8, 4) is 5.75 Å². The van der Waals surface area contributed by atoms with Gasteiger partial charge >= 0.3 is 0 Å². The average Bonchev–Trinajstić information content (AvgIpc) is 3.19. The number of carbonyl (C=O) groups is 2. The molecule has 1 amide bonds. The van der Waals surface area contributed by atoms with Crippen molar-refractivity contribution in [2.45, 2.75) is 25.9 Å². The Hall–Kier alpha value is -2.63. The number of imidazole rings is 1. The van der Waals surface area contributed by atoms with E-state index in [2.05, 4.69) is 4.98 Å². The van der Waals surface area contributed by atoms with E-state index in [-0.39, 0.29) is 23.7 Å². The maximum atomic E-state index is 12.3. The van der Waals surface area contributed by atoms with Gasteiger partial charge in [0.2, 0.25) is 5.78 Å². The molecule has 0 saturated carbocycles. The van der Waals surface area contributed by atoms with E-state index in [1.165, 1.54) is 0 Å². The van der Waals surface area contributed by atoms with Gasteiger partial charge in [-0.15, -0.1) is 0 Å². The molecule has 0 spiro atoms. The quantitative estimate of drug-likeness (QED) is 0.762. The summed E-state index contributed by atoms with van der Waals surface area (Å²) < 4.78 is 7.14. The first-order chi connectivity index (χ1) is 11.6. The zero-order chi connectivity index (χ0) is 17.1. The molecule has 0 radical (unpaired) electrons. The molecule has 1 aliphatic rings. The van der Waals surface area contributed by atoms with Crippen LogP contribution in [0.15, 0.2) is 43.0 Å². The number of ether oxygens (including phenoxy) is 1. The molecule has 1 aromatic carbocycles. The molecule has 1 saturated heterocycles. The number of amides is 1. The van der Waals surface area contributed by atoms with Crippen LogP contribution in [0.25, 0.3) is 0 Å². The van der Waals surface area contributed by atoms with Gasteiger partial charge < -0.3 is 14.2 Å². The summed E-state index contributed by atoms with van der Waals surface area (Å²) in [6, 6.07) is 7.36. The van der Waals surface area contributed by atoms with E-state index < -0.39 is 0 Å². The van der Waals surface area contributed by atoms with Crippen molar-refractivity contribution in [1.82, 2.24) is 14.5 Å². The minimum Gasteiger partial charge on any atom is -0.497 e. The average molecular weight is 327 g/mol. The van der Waals surface area contributed by atoms with Crippen molar-refractivity contribution < 1.29 is 14.3 Å². The number of ketones is 1. The number of aromatic nitrogens is 2. The summed E-state index contributed by atoms with van der Waals surface area (Å²) in [5.74, 6) is -0.264. The van der Waals surface area contributed by atoms with Crippen LogP contribution >= 0.6 is 0 Å². The molecule has 6 nitrogen and oxygen atoms in total. The summed E-state index contributed by atoms with van der Waals surface area (Å²) >= 11 is 0. The van der Waals surface area contributed by atoms with E-state index in [0.717, 1.165) is 24.3 Å². The van der Waals surface area contributed by atoms with Gasteiger partial charge in [0.25, 0.3) is 5.91 Å². The maximum absolute atomic E-state index is 12.3. The third-order valence-electron chi connectivity index (χ3n) is 4.53. The third kappa shape index (κ3) is 3.04. The Bertz CT molecular complexity index is 710. The minimum absolute atomic E-state index is 0.210. The van der Waals surface area contributed by atoms with E-state index in [4.69, 9.17) is 4.74 Å². The van der Waals surface area contributed by atoms with Crippen molar-refractivity contribution >= 4 is 11.7 Å². The molecule has 1 aromatic heterocycles. The van der Waals surface area contributed by atoms with Crippen LogP contribution in [0.4, 0.5) is 0 Å². The van der Waals surface area contributed by atoms with Crippen molar-refractivity contribution in [2.75, 3.05) is 13.7 Å². The second-order valence-corrected chi connectivity index (χ2v) is 6.02. The standard InChI is InChI=1S/C18H21N3O3/c1-13-16(14-4-6-15(24-2)7-5-14)21(18(23)17(13)22)10-3-9-20-11-8-19-12-20/h4-8,11-13,16H,3,9-10H2,1-2H3. The van der Waals surface area contributed by atoms with Gasteiger partial charge in [0.1, 0.15) is 5.75 Å². The normalized spacial score (nSPS) is 20.7. The summed E-state index contributed by atoms with van der Waals surface area (Å²) in [6.07, 6.45) is 6.14. The van der Waals surface area contributed by atoms with Crippen LogP contribution in [0.2, 0.25) is 0 Å². The van der Waals surface area contributed by atoms with Gasteiger partial charge in [0.05, 0.1) is 19.5 Å². The van der Waals surface area contributed by atoms with Gasteiger partial charge in [0.15, 0.2) is 0 Å². The van der Waals surface area contributed by atoms with Gasteiger partial charge in [-0.3, -0.25) is 9.59 Å². The number of Topliss-reactive ketones (excluding diaryl/α,β-unsaturated/α-hetero) is 1. The molecule has 2 aromatic rings. The Labute approximate surface area is 141 Å². The first-order valence-corrected chi connectivity index (χ1v) is 8.06. The zero-order valence-electron chi connectivity index (χ0n) is 13.9. The molecule has 3 rings (SSSR count). The van der Waals surface area contributed by atoms with Crippen LogP contribution in [0.3, 0.4) is 0 Å². The Morgan fingerprint density at radius 1 is 1.17 bits per heavy atom. The van der Waals surface area contributed by atoms with Crippen LogP contribution < -0.4 is 4.74 Å². The molecular formula is C18H21N3O3. The lowest BCUT2D eigenvalue weighted by Gasteiger charge is -2.26. The lowest BCUT2D eigenvalue weighted by molar-refractivity contribution is -0.141. The fourth-order valence-electron chi connectivity index (χ4n) is 3.23. The number of nitrogens with zero attached hydrogens (tertiary/aromatic N) is 3. The Balaban J connectivity index is 1.75. The number of likely N-dealkylation sites (tertiary alicyclic amines) is 1. The molecule has 2 heterocycles. The lowest BCUT2D eigenvalue weighted by Crippen LogP contribution is -2.31. The van der Waals surface area contributed by atoms with Crippen LogP contribution in [-0.4, -0.2) is 39.8 Å². The number of carbonyl (C=O) groups excluding carboxylic acids is 2. The molecule has 24 heavy (non-hydrogen) atoms.